The SMILES string of the molecule is Oc1ccc(Cc2cn(Cc3ccc(-c4ccccc4)cc3)nn2)cc1O. The van der Waals surface area contributed by atoms with Crippen molar-refractivity contribution in [3.05, 3.63) is 95.8 Å². The first-order chi connectivity index (χ1) is 13.2. The molecule has 1 aromatic heterocycles. The molecule has 2 N–H and O–H groups in total. The molecule has 27 heavy (non-hydrogen) atoms. The van der Waals surface area contributed by atoms with Gasteiger partial charge >= 0.3 is 0 Å². The summed E-state index contributed by atoms with van der Waals surface area (Å²) in [7, 11) is 0. The number of phenolic OH excluding ortho intramolecular Hbond substituents is 2. The normalized spacial score (nSPS) is 10.8. The molecule has 0 saturated carbocycles. The van der Waals surface area contributed by atoms with Gasteiger partial charge in [-0.3, -0.25) is 0 Å². The largest absolute Gasteiger partial charge is 0.504 e. The Labute approximate surface area is 157 Å². The van der Waals surface area contributed by atoms with E-state index in [0.717, 1.165) is 16.8 Å². The summed E-state index contributed by atoms with van der Waals surface area (Å²) in [6.07, 6.45) is 2.44. The summed E-state index contributed by atoms with van der Waals surface area (Å²) in [5.74, 6) is -0.250. The van der Waals surface area contributed by atoms with Crippen LogP contribution in [0.2, 0.25) is 0 Å². The zero-order valence-corrected chi connectivity index (χ0v) is 14.7. The molecule has 0 bridgehead atoms. The van der Waals surface area contributed by atoms with Gasteiger partial charge in [0, 0.05) is 12.6 Å². The maximum atomic E-state index is 9.59. The smallest absolute Gasteiger partial charge is 0.157 e. The van der Waals surface area contributed by atoms with E-state index in [9.17, 15) is 10.2 Å². The van der Waals surface area contributed by atoms with Crippen LogP contribution in [0.1, 0.15) is 16.8 Å². The van der Waals surface area contributed by atoms with Crippen LogP contribution in [0.15, 0.2) is 79.0 Å². The quantitative estimate of drug-likeness (QED) is 0.530. The molecule has 0 unspecified atom stereocenters. The third-order valence-corrected chi connectivity index (χ3v) is 4.42. The Balaban J connectivity index is 1.44. The molecule has 0 spiro atoms. The molecule has 0 atom stereocenters. The summed E-state index contributed by atoms with van der Waals surface area (Å²) in [5, 5.41) is 27.4. The van der Waals surface area contributed by atoms with E-state index in [1.54, 1.807) is 10.7 Å². The molecule has 5 nitrogen and oxygen atoms in total. The molecule has 4 rings (SSSR count). The van der Waals surface area contributed by atoms with Crippen molar-refractivity contribution in [3.63, 3.8) is 0 Å². The second-order valence-electron chi connectivity index (χ2n) is 6.47. The Hall–Kier alpha value is -3.60. The second-order valence-corrected chi connectivity index (χ2v) is 6.47. The zero-order valence-electron chi connectivity index (χ0n) is 14.7. The number of aromatic hydroxyl groups is 2. The van der Waals surface area contributed by atoms with Crippen LogP contribution >= 0.6 is 0 Å². The van der Waals surface area contributed by atoms with Crippen molar-refractivity contribution in [2.75, 3.05) is 0 Å². The Bertz CT molecular complexity index is 1040. The number of nitrogens with zero attached hydrogens (tertiary/aromatic N) is 3. The summed E-state index contributed by atoms with van der Waals surface area (Å²) < 4.78 is 1.80. The van der Waals surface area contributed by atoms with Crippen molar-refractivity contribution >= 4 is 0 Å². The highest BCUT2D eigenvalue weighted by Crippen LogP contribution is 2.25. The predicted octanol–water partition coefficient (Wildman–Crippen LogP) is 4.00. The fourth-order valence-corrected chi connectivity index (χ4v) is 3.01. The number of rotatable bonds is 5. The van der Waals surface area contributed by atoms with Gasteiger partial charge in [-0.05, 0) is 34.4 Å². The van der Waals surface area contributed by atoms with E-state index in [0.29, 0.717) is 13.0 Å². The topological polar surface area (TPSA) is 71.2 Å². The molecule has 0 aliphatic rings. The lowest BCUT2D eigenvalue weighted by atomic mass is 10.0. The molecule has 0 saturated heterocycles. The van der Waals surface area contributed by atoms with Gasteiger partial charge in [0.1, 0.15) is 0 Å². The fraction of sp³-hybridized carbons (Fsp3) is 0.0909. The number of hydrogen-bond acceptors (Lipinski definition) is 4. The van der Waals surface area contributed by atoms with Gasteiger partial charge in [-0.15, -0.1) is 5.10 Å². The highest BCUT2D eigenvalue weighted by molar-refractivity contribution is 5.63. The van der Waals surface area contributed by atoms with Crippen molar-refractivity contribution in [1.82, 2.24) is 15.0 Å². The molecule has 0 aliphatic heterocycles. The molecule has 5 heteroatoms. The van der Waals surface area contributed by atoms with Crippen molar-refractivity contribution in [2.24, 2.45) is 0 Å². The van der Waals surface area contributed by atoms with Crippen LogP contribution < -0.4 is 0 Å². The summed E-state index contributed by atoms with van der Waals surface area (Å²) in [6, 6.07) is 23.5. The molecule has 134 valence electrons. The number of phenols is 2. The number of benzene rings is 3. The monoisotopic (exact) mass is 357 g/mol. The van der Waals surface area contributed by atoms with Gasteiger partial charge in [0.2, 0.25) is 0 Å². The summed E-state index contributed by atoms with van der Waals surface area (Å²) >= 11 is 0. The minimum absolute atomic E-state index is 0.124. The first-order valence-corrected chi connectivity index (χ1v) is 8.71. The van der Waals surface area contributed by atoms with Crippen molar-refractivity contribution < 1.29 is 10.2 Å². The van der Waals surface area contributed by atoms with E-state index >= 15 is 0 Å². The maximum absolute atomic E-state index is 9.59. The van der Waals surface area contributed by atoms with Crippen LogP contribution in [0.4, 0.5) is 0 Å². The van der Waals surface area contributed by atoms with Crippen LogP contribution in [0.25, 0.3) is 11.1 Å². The molecular formula is C22H19N3O2. The van der Waals surface area contributed by atoms with E-state index in [-0.39, 0.29) is 11.5 Å². The highest BCUT2D eigenvalue weighted by Gasteiger charge is 2.06. The molecule has 0 fully saturated rings. The molecular weight excluding hydrogens is 338 g/mol. The lowest BCUT2D eigenvalue weighted by Gasteiger charge is -2.04. The number of aromatic nitrogens is 3. The lowest BCUT2D eigenvalue weighted by molar-refractivity contribution is 0.403. The van der Waals surface area contributed by atoms with Gasteiger partial charge in [0.05, 0.1) is 12.2 Å². The van der Waals surface area contributed by atoms with Gasteiger partial charge in [0.25, 0.3) is 0 Å². The maximum Gasteiger partial charge on any atom is 0.157 e. The minimum atomic E-state index is -0.126. The molecule has 0 radical (unpaired) electrons. The van der Waals surface area contributed by atoms with Gasteiger partial charge in [0.15, 0.2) is 11.5 Å². The Morgan fingerprint density at radius 1 is 0.741 bits per heavy atom. The van der Waals surface area contributed by atoms with E-state index in [1.165, 1.54) is 23.3 Å². The van der Waals surface area contributed by atoms with Gasteiger partial charge in [-0.25, -0.2) is 4.68 Å². The van der Waals surface area contributed by atoms with Crippen LogP contribution in [0.3, 0.4) is 0 Å². The average molecular weight is 357 g/mol. The van der Waals surface area contributed by atoms with Crippen molar-refractivity contribution in [1.29, 1.82) is 0 Å². The van der Waals surface area contributed by atoms with Gasteiger partial charge < -0.3 is 10.2 Å². The molecule has 1 heterocycles. The molecule has 4 aromatic rings. The summed E-state index contributed by atoms with van der Waals surface area (Å²) in [6.45, 7) is 0.642. The third kappa shape index (κ3) is 3.98. The Morgan fingerprint density at radius 2 is 1.44 bits per heavy atom. The standard InChI is InChI=1S/C22H19N3O2/c26-21-11-8-17(13-22(21)27)12-20-15-25(24-23-20)14-16-6-9-19(10-7-16)18-4-2-1-3-5-18/h1-11,13,15,26-27H,12,14H2. The predicted molar refractivity (Wildman–Crippen MR) is 104 cm³/mol. The van der Waals surface area contributed by atoms with Crippen LogP contribution in [0, 0.1) is 0 Å². The highest BCUT2D eigenvalue weighted by atomic mass is 16.3. The summed E-state index contributed by atoms with van der Waals surface area (Å²) in [5.41, 5.74) is 5.20. The average Bonchev–Trinajstić information content (AvgIpc) is 3.13. The van der Waals surface area contributed by atoms with Gasteiger partial charge in [-0.2, -0.15) is 0 Å². The molecule has 3 aromatic carbocycles. The Morgan fingerprint density at radius 3 is 2.19 bits per heavy atom. The van der Waals surface area contributed by atoms with E-state index in [2.05, 4.69) is 46.7 Å². The number of hydrogen-bond donors (Lipinski definition) is 2. The van der Waals surface area contributed by atoms with Crippen molar-refractivity contribution in [3.8, 4) is 22.6 Å². The fourth-order valence-electron chi connectivity index (χ4n) is 3.01. The van der Waals surface area contributed by atoms with E-state index in [1.807, 2.05) is 24.4 Å². The lowest BCUT2D eigenvalue weighted by Crippen LogP contribution is -2.00. The first kappa shape index (κ1) is 16.8. The summed E-state index contributed by atoms with van der Waals surface area (Å²) in [4.78, 5) is 0. The van der Waals surface area contributed by atoms with Crippen molar-refractivity contribution in [2.45, 2.75) is 13.0 Å². The third-order valence-electron chi connectivity index (χ3n) is 4.42. The van der Waals surface area contributed by atoms with Gasteiger partial charge in [-0.1, -0.05) is 65.9 Å². The minimum Gasteiger partial charge on any atom is -0.504 e. The van der Waals surface area contributed by atoms with Crippen LogP contribution in [0.5, 0.6) is 11.5 Å². The molecule has 0 amide bonds. The van der Waals surface area contributed by atoms with Crippen LogP contribution in [-0.2, 0) is 13.0 Å². The van der Waals surface area contributed by atoms with E-state index < -0.39 is 0 Å². The second kappa shape index (κ2) is 7.33. The molecule has 0 aliphatic carbocycles. The first-order valence-electron chi connectivity index (χ1n) is 8.71. The Kier molecular flexibility index (Phi) is 4.58. The van der Waals surface area contributed by atoms with Crippen LogP contribution in [-0.4, -0.2) is 25.2 Å². The zero-order chi connectivity index (χ0) is 18.6. The van der Waals surface area contributed by atoms with E-state index in [4.69, 9.17) is 0 Å².